The zero-order chi connectivity index (χ0) is 41.7. The Morgan fingerprint density at radius 2 is 0.871 bits per heavy atom. The molecule has 4 heteroatoms. The minimum absolute atomic E-state index is 0.309. The van der Waals surface area contributed by atoms with Gasteiger partial charge in [0.15, 0.2) is 5.58 Å². The first-order valence-electron chi connectivity index (χ1n) is 21.5. The highest BCUT2D eigenvalue weighted by Gasteiger charge is 2.50. The molecule has 0 spiro atoms. The van der Waals surface area contributed by atoms with E-state index >= 15 is 0 Å². The number of fused-ring (bicyclic) bond motifs is 10. The quantitative estimate of drug-likeness (QED) is 0.161. The van der Waals surface area contributed by atoms with E-state index in [0.29, 0.717) is 0 Å². The fourth-order valence-corrected chi connectivity index (χ4v) is 10.5. The predicted molar refractivity (Wildman–Crippen MR) is 256 cm³/mol. The smallest absolute Gasteiger partial charge is 0.159 e. The highest BCUT2D eigenvalue weighted by Crippen LogP contribution is 2.62. The summed E-state index contributed by atoms with van der Waals surface area (Å²) in [5, 5.41) is 2.20. The number of rotatable bonds is 7. The first-order valence-corrected chi connectivity index (χ1v) is 21.5. The van der Waals surface area contributed by atoms with E-state index in [0.717, 1.165) is 84.3 Å². The third-order valence-electron chi connectivity index (χ3n) is 13.4. The van der Waals surface area contributed by atoms with Crippen LogP contribution < -0.4 is 9.80 Å². The second-order valence-electron chi connectivity index (χ2n) is 17.7. The minimum Gasteiger partial charge on any atom is -0.455 e. The van der Waals surface area contributed by atoms with Gasteiger partial charge in [0, 0.05) is 72.2 Å². The number of hydrogen-bond acceptors (Lipinski definition) is 4. The van der Waals surface area contributed by atoms with Gasteiger partial charge >= 0.3 is 0 Å². The zero-order valence-corrected chi connectivity index (χ0v) is 35.2. The van der Waals surface area contributed by atoms with Crippen molar-refractivity contribution in [3.8, 4) is 33.8 Å². The van der Waals surface area contributed by atoms with E-state index in [1.54, 1.807) is 0 Å². The van der Waals surface area contributed by atoms with Gasteiger partial charge < -0.3 is 18.6 Å². The molecule has 2 aliphatic carbocycles. The normalized spacial score (nSPS) is 14.1. The maximum Gasteiger partial charge on any atom is 0.159 e. The zero-order valence-electron chi connectivity index (χ0n) is 35.2. The number of nitrogens with zero attached hydrogens (tertiary/aromatic N) is 2. The Hall–Kier alpha value is -7.56. The van der Waals surface area contributed by atoms with Crippen LogP contribution in [0.3, 0.4) is 0 Å². The summed E-state index contributed by atoms with van der Waals surface area (Å²) in [6.07, 6.45) is 0. The molecule has 0 aliphatic heterocycles. The van der Waals surface area contributed by atoms with Gasteiger partial charge in [-0.3, -0.25) is 0 Å². The molecule has 10 aromatic rings. The van der Waals surface area contributed by atoms with E-state index in [-0.39, 0.29) is 10.8 Å². The lowest BCUT2D eigenvalue weighted by Crippen LogP contribution is -2.23. The van der Waals surface area contributed by atoms with Crippen LogP contribution in [0, 0.1) is 0 Å². The van der Waals surface area contributed by atoms with Gasteiger partial charge in [-0.1, -0.05) is 143 Å². The molecule has 0 N–H and O–H groups in total. The molecule has 0 radical (unpaired) electrons. The molecule has 4 nitrogen and oxygen atoms in total. The summed E-state index contributed by atoms with van der Waals surface area (Å²) >= 11 is 0. The van der Waals surface area contributed by atoms with Crippen molar-refractivity contribution in [2.45, 2.75) is 38.5 Å². The van der Waals surface area contributed by atoms with Crippen molar-refractivity contribution < 1.29 is 8.83 Å². The van der Waals surface area contributed by atoms with E-state index in [1.807, 2.05) is 6.07 Å². The number of benzene rings is 8. The first-order chi connectivity index (χ1) is 30.3. The van der Waals surface area contributed by atoms with Crippen LogP contribution in [0.5, 0.6) is 0 Å². The minimum atomic E-state index is -0.351. The Morgan fingerprint density at radius 3 is 1.50 bits per heavy atom. The van der Waals surface area contributed by atoms with E-state index < -0.39 is 0 Å². The molecule has 0 amide bonds. The topological polar surface area (TPSA) is 32.8 Å². The lowest BCUT2D eigenvalue weighted by atomic mass is 9.74. The van der Waals surface area contributed by atoms with E-state index in [9.17, 15) is 0 Å². The third-order valence-corrected chi connectivity index (χ3v) is 13.4. The standard InChI is InChI=1S/C58H44N2O2/c1-57(2)47-35-40(59(38-21-10-6-11-22-38)39-23-12-7-13-24-39)31-33-45(47)55-52(57)53-56(62-55)46-34-32-41(36-48(46)58(53,3)4)60(49-28-16-14-25-42(49)37-19-8-5-9-20-37)50-29-18-27-44-43-26-15-17-30-51(43)61-54(44)50/h5-36H,1-4H3. The van der Waals surface area contributed by atoms with Gasteiger partial charge in [-0.2, -0.15) is 0 Å². The molecule has 8 aromatic carbocycles. The van der Waals surface area contributed by atoms with Crippen molar-refractivity contribution in [2.24, 2.45) is 0 Å². The van der Waals surface area contributed by atoms with Crippen molar-refractivity contribution in [2.75, 3.05) is 9.80 Å². The SMILES string of the molecule is CC1(C)c2cc(N(c3ccccc3)c3ccccc3)ccc2-c2oc3c(c21)C(C)(C)c1cc(N(c2ccccc2-c2ccccc2)c2cccc4c2oc2ccccc24)ccc1-3. The van der Waals surface area contributed by atoms with Crippen molar-refractivity contribution in [3.05, 3.63) is 216 Å². The van der Waals surface area contributed by atoms with E-state index in [4.69, 9.17) is 8.83 Å². The van der Waals surface area contributed by atoms with Crippen molar-refractivity contribution in [1.29, 1.82) is 0 Å². The summed E-state index contributed by atoms with van der Waals surface area (Å²) in [7, 11) is 0. The van der Waals surface area contributed by atoms with E-state index in [1.165, 1.54) is 27.8 Å². The Kier molecular flexibility index (Phi) is 7.89. The molecule has 298 valence electrons. The lowest BCUT2D eigenvalue weighted by Gasteiger charge is -2.31. The Balaban J connectivity index is 1.00. The summed E-state index contributed by atoms with van der Waals surface area (Å²) in [5.74, 6) is 1.97. The maximum absolute atomic E-state index is 7.16. The van der Waals surface area contributed by atoms with Crippen LogP contribution in [-0.2, 0) is 10.8 Å². The van der Waals surface area contributed by atoms with Crippen molar-refractivity contribution in [3.63, 3.8) is 0 Å². The molecule has 62 heavy (non-hydrogen) atoms. The van der Waals surface area contributed by atoms with Crippen LogP contribution in [0.2, 0.25) is 0 Å². The fraction of sp³-hybridized carbons (Fsp3) is 0.103. The van der Waals surface area contributed by atoms with Gasteiger partial charge in [0.1, 0.15) is 17.1 Å². The second-order valence-corrected chi connectivity index (χ2v) is 17.7. The molecule has 0 fully saturated rings. The number of furan rings is 2. The summed E-state index contributed by atoms with van der Waals surface area (Å²) in [5.41, 5.74) is 17.3. The van der Waals surface area contributed by atoms with Gasteiger partial charge in [0.2, 0.25) is 0 Å². The summed E-state index contributed by atoms with van der Waals surface area (Å²) in [4.78, 5) is 4.73. The second kappa shape index (κ2) is 13.5. The highest BCUT2D eigenvalue weighted by molar-refractivity contribution is 6.11. The van der Waals surface area contributed by atoms with Gasteiger partial charge in [0.25, 0.3) is 0 Å². The average Bonchev–Trinajstić information content (AvgIpc) is 4.02. The molecule has 0 saturated carbocycles. The van der Waals surface area contributed by atoms with Gasteiger partial charge in [0.05, 0.1) is 11.4 Å². The Labute approximate surface area is 361 Å². The monoisotopic (exact) mass is 800 g/mol. The summed E-state index contributed by atoms with van der Waals surface area (Å²) in [6.45, 7) is 9.48. The largest absolute Gasteiger partial charge is 0.455 e. The van der Waals surface area contributed by atoms with Gasteiger partial charge in [-0.25, -0.2) is 0 Å². The van der Waals surface area contributed by atoms with Crippen LogP contribution in [0.15, 0.2) is 203 Å². The van der Waals surface area contributed by atoms with Gasteiger partial charge in [-0.15, -0.1) is 0 Å². The molecule has 12 rings (SSSR count). The molecule has 2 aromatic heterocycles. The lowest BCUT2D eigenvalue weighted by molar-refractivity contribution is 0.592. The summed E-state index contributed by atoms with van der Waals surface area (Å²) < 4.78 is 13.9. The Morgan fingerprint density at radius 1 is 0.371 bits per heavy atom. The van der Waals surface area contributed by atoms with E-state index in [2.05, 4.69) is 226 Å². The predicted octanol–water partition coefficient (Wildman–Crippen LogP) is 16.4. The molecule has 2 aliphatic rings. The van der Waals surface area contributed by atoms with Crippen LogP contribution in [0.1, 0.15) is 49.9 Å². The van der Waals surface area contributed by atoms with Crippen LogP contribution in [0.4, 0.5) is 34.1 Å². The number of anilines is 6. The molecule has 0 atom stereocenters. The maximum atomic E-state index is 7.16. The molecular formula is C58H44N2O2. The third kappa shape index (κ3) is 5.26. The first kappa shape index (κ1) is 36.3. The highest BCUT2D eigenvalue weighted by atomic mass is 16.3. The molecule has 0 bridgehead atoms. The molecule has 0 saturated heterocycles. The molecule has 2 heterocycles. The van der Waals surface area contributed by atoms with Gasteiger partial charge in [-0.05, 0) is 95.6 Å². The van der Waals surface area contributed by atoms with Crippen molar-refractivity contribution >= 4 is 56.1 Å². The van der Waals surface area contributed by atoms with Crippen LogP contribution >= 0.6 is 0 Å². The fourth-order valence-electron chi connectivity index (χ4n) is 10.5. The van der Waals surface area contributed by atoms with Crippen LogP contribution in [-0.4, -0.2) is 0 Å². The number of hydrogen-bond donors (Lipinski definition) is 0. The number of para-hydroxylation sites is 5. The van der Waals surface area contributed by atoms with Crippen LogP contribution in [0.25, 0.3) is 55.7 Å². The Bertz CT molecular complexity index is 3320. The molecular weight excluding hydrogens is 757 g/mol. The van der Waals surface area contributed by atoms with Crippen molar-refractivity contribution in [1.82, 2.24) is 0 Å². The molecule has 0 unspecified atom stereocenters. The summed E-state index contributed by atoms with van der Waals surface area (Å²) in [6, 6.07) is 69.3. The average molecular weight is 801 g/mol.